The molecule has 0 aliphatic heterocycles. The molecule has 40 valence electrons. The van der Waals surface area contributed by atoms with Crippen molar-refractivity contribution in [3.05, 3.63) is 34.7 Å². The third kappa shape index (κ3) is 1.12. The Labute approximate surface area is 60.6 Å². The van der Waals surface area contributed by atoms with Crippen LogP contribution >= 0.6 is 0 Å². The van der Waals surface area contributed by atoms with Crippen molar-refractivity contribution in [2.75, 3.05) is 0 Å². The Balaban J connectivity index is 3.35. The number of rotatable bonds is 0. The van der Waals surface area contributed by atoms with Gasteiger partial charge in [0.1, 0.15) is 0 Å². The van der Waals surface area contributed by atoms with Crippen LogP contribution < -0.4 is 5.56 Å². The Kier molecular flexibility index (Phi) is 1.72. The zero-order valence-electron chi connectivity index (χ0n) is 4.24. The van der Waals surface area contributed by atoms with Crippen molar-refractivity contribution in [2.24, 2.45) is 0 Å². The topological polar surface area (TPSA) is 22.0 Å². The van der Waals surface area contributed by atoms with Gasteiger partial charge in [-0.15, -0.1) is 0 Å². The number of nitrogens with zero attached hydrogens (tertiary/aromatic N) is 1. The molecule has 0 aliphatic rings. The quantitative estimate of drug-likeness (QED) is 0.534. The molecule has 1 heterocycles. The molecule has 0 amide bonds. The summed E-state index contributed by atoms with van der Waals surface area (Å²) in [6.07, 6.45) is 1.78. The maximum atomic E-state index is 10.6. The van der Waals surface area contributed by atoms with E-state index in [9.17, 15) is 4.79 Å². The van der Waals surface area contributed by atoms with Crippen molar-refractivity contribution in [2.45, 2.75) is 0 Å². The first-order valence-electron chi connectivity index (χ1n) is 2.23. The van der Waals surface area contributed by atoms with E-state index in [-0.39, 0.29) is 5.56 Å². The first-order valence-corrected chi connectivity index (χ1v) is 3.71. The molecule has 0 saturated carbocycles. The second kappa shape index (κ2) is 2.35. The van der Waals surface area contributed by atoms with Crippen molar-refractivity contribution >= 4 is 22.8 Å². The summed E-state index contributed by atoms with van der Waals surface area (Å²) < 4.78 is 1.66. The summed E-state index contributed by atoms with van der Waals surface area (Å²) in [5.74, 6) is 0. The van der Waals surface area contributed by atoms with Crippen molar-refractivity contribution in [3.8, 4) is 0 Å². The molecule has 1 aromatic heterocycles. The van der Waals surface area contributed by atoms with Crippen LogP contribution in [0.2, 0.25) is 0 Å². The molecule has 0 aromatic carbocycles. The van der Waals surface area contributed by atoms with Crippen LogP contribution in [0.25, 0.3) is 0 Å². The van der Waals surface area contributed by atoms with E-state index in [1.807, 2.05) is 6.07 Å². The molecule has 3 heteroatoms. The molecule has 1 aromatic rings. The molecule has 0 saturated heterocycles. The van der Waals surface area contributed by atoms with E-state index in [4.69, 9.17) is 0 Å². The SMILES string of the molecule is O=c1cccc[n]1[SnH]. The summed E-state index contributed by atoms with van der Waals surface area (Å²) in [4.78, 5) is 10.6. The molecule has 0 N–H and O–H groups in total. The van der Waals surface area contributed by atoms with Crippen molar-refractivity contribution in [3.63, 3.8) is 0 Å². The Morgan fingerprint density at radius 3 is 2.62 bits per heavy atom. The molecular weight excluding hydrogens is 209 g/mol. The number of hydrogen-bond donors (Lipinski definition) is 0. The monoisotopic (exact) mass is 215 g/mol. The van der Waals surface area contributed by atoms with Gasteiger partial charge in [-0.05, 0) is 0 Å². The summed E-state index contributed by atoms with van der Waals surface area (Å²) in [6.45, 7) is 0. The Morgan fingerprint density at radius 1 is 1.50 bits per heavy atom. The van der Waals surface area contributed by atoms with Gasteiger partial charge in [0.15, 0.2) is 0 Å². The molecular formula is C5H5NOSn. The van der Waals surface area contributed by atoms with Gasteiger partial charge in [0.05, 0.1) is 0 Å². The summed E-state index contributed by atoms with van der Waals surface area (Å²) in [6, 6.07) is 5.16. The van der Waals surface area contributed by atoms with Gasteiger partial charge >= 0.3 is 60.3 Å². The minimum atomic E-state index is 0.0925. The zero-order chi connectivity index (χ0) is 5.98. The van der Waals surface area contributed by atoms with E-state index >= 15 is 0 Å². The van der Waals surface area contributed by atoms with Gasteiger partial charge in [0, 0.05) is 0 Å². The van der Waals surface area contributed by atoms with Crippen LogP contribution in [0.1, 0.15) is 0 Å². The molecule has 0 aliphatic carbocycles. The predicted octanol–water partition coefficient (Wildman–Crippen LogP) is -0.488. The van der Waals surface area contributed by atoms with Crippen molar-refractivity contribution < 1.29 is 0 Å². The fourth-order valence-corrected chi connectivity index (χ4v) is 0.969. The van der Waals surface area contributed by atoms with Crippen LogP contribution in [0.3, 0.4) is 0 Å². The Bertz CT molecular complexity index is 230. The molecule has 0 spiro atoms. The number of aromatic nitrogens is 1. The second-order valence-corrected chi connectivity index (χ2v) is 3.03. The summed E-state index contributed by atoms with van der Waals surface area (Å²) >= 11 is 0.841. The molecule has 0 unspecified atom stereocenters. The van der Waals surface area contributed by atoms with Crippen LogP contribution in [0.5, 0.6) is 0 Å². The van der Waals surface area contributed by atoms with Crippen molar-refractivity contribution in [1.82, 2.24) is 2.79 Å². The van der Waals surface area contributed by atoms with E-state index in [0.717, 1.165) is 22.8 Å². The zero-order valence-corrected chi connectivity index (χ0v) is 7.54. The van der Waals surface area contributed by atoms with Crippen molar-refractivity contribution in [1.29, 1.82) is 0 Å². The minimum absolute atomic E-state index is 0.0925. The summed E-state index contributed by atoms with van der Waals surface area (Å²) in [7, 11) is 0. The van der Waals surface area contributed by atoms with Gasteiger partial charge in [-0.3, -0.25) is 0 Å². The van der Waals surface area contributed by atoms with Crippen LogP contribution in [0, 0.1) is 0 Å². The third-order valence-electron chi connectivity index (χ3n) is 0.851. The summed E-state index contributed by atoms with van der Waals surface area (Å²) in [5.41, 5.74) is 0.0925. The van der Waals surface area contributed by atoms with E-state index < -0.39 is 0 Å². The normalized spacial score (nSPS) is 9.12. The average Bonchev–Trinajstić information content (AvgIpc) is 1.77. The van der Waals surface area contributed by atoms with Crippen LogP contribution in [-0.4, -0.2) is 25.6 Å². The Morgan fingerprint density at radius 2 is 2.25 bits per heavy atom. The molecule has 0 atom stereocenters. The van der Waals surface area contributed by atoms with Gasteiger partial charge < -0.3 is 0 Å². The van der Waals surface area contributed by atoms with Gasteiger partial charge in [0.2, 0.25) is 0 Å². The number of hydrogen-bond acceptors (Lipinski definition) is 1. The second-order valence-electron chi connectivity index (χ2n) is 1.45. The van der Waals surface area contributed by atoms with Crippen LogP contribution in [0.15, 0.2) is 29.2 Å². The van der Waals surface area contributed by atoms with Gasteiger partial charge in [-0.1, -0.05) is 0 Å². The fourth-order valence-electron chi connectivity index (χ4n) is 0.440. The van der Waals surface area contributed by atoms with Crippen LogP contribution in [0.4, 0.5) is 0 Å². The maximum absolute atomic E-state index is 10.6. The number of pyridine rings is 1. The Hall–Kier alpha value is -0.251. The molecule has 0 fully saturated rings. The molecule has 0 bridgehead atoms. The molecule has 2 nitrogen and oxygen atoms in total. The molecule has 8 heavy (non-hydrogen) atoms. The molecule has 1 rings (SSSR count). The van der Waals surface area contributed by atoms with Gasteiger partial charge in [-0.25, -0.2) is 0 Å². The first-order chi connectivity index (χ1) is 3.80. The fraction of sp³-hybridized carbons (Fsp3) is 0. The van der Waals surface area contributed by atoms with Crippen LogP contribution in [-0.2, 0) is 0 Å². The van der Waals surface area contributed by atoms with E-state index in [2.05, 4.69) is 0 Å². The standard InChI is InChI=1S/C5H5NO.Sn.H/c7-5-3-1-2-4-6-5;;/h1-4H,(H,6,7);;/q;+1;/p-1. The third-order valence-corrected chi connectivity index (χ3v) is 2.07. The average molecular weight is 214 g/mol. The van der Waals surface area contributed by atoms with E-state index in [1.54, 1.807) is 21.1 Å². The van der Waals surface area contributed by atoms with Gasteiger partial charge in [0.25, 0.3) is 0 Å². The van der Waals surface area contributed by atoms with Gasteiger partial charge in [-0.2, -0.15) is 0 Å². The van der Waals surface area contributed by atoms with E-state index in [1.165, 1.54) is 0 Å². The predicted molar refractivity (Wildman–Crippen MR) is 33.2 cm³/mol. The summed E-state index contributed by atoms with van der Waals surface area (Å²) in [5, 5.41) is 0. The molecule has 2 radical (unpaired) electrons. The van der Waals surface area contributed by atoms with E-state index in [0.29, 0.717) is 0 Å². The first kappa shape index (κ1) is 5.88.